The molecule has 0 radical (unpaired) electrons. The molecule has 1 rings (SSSR count). The Bertz CT molecular complexity index is 313. The van der Waals surface area contributed by atoms with E-state index in [4.69, 9.17) is 5.11 Å². The number of aromatic nitrogens is 2. The zero-order valence-electron chi connectivity index (χ0n) is 8.15. The van der Waals surface area contributed by atoms with Gasteiger partial charge in [0.2, 0.25) is 0 Å². The third-order valence-corrected chi connectivity index (χ3v) is 2.52. The van der Waals surface area contributed by atoms with Gasteiger partial charge in [0.25, 0.3) is 5.91 Å². The highest BCUT2D eigenvalue weighted by molar-refractivity contribution is 7.08. The number of aryl methyl sites for hydroxylation is 1. The molecule has 0 saturated carbocycles. The molecule has 0 aromatic carbocycles. The van der Waals surface area contributed by atoms with Gasteiger partial charge < -0.3 is 10.4 Å². The van der Waals surface area contributed by atoms with E-state index < -0.39 is 0 Å². The summed E-state index contributed by atoms with van der Waals surface area (Å²) in [6.45, 7) is 3.58. The highest BCUT2D eigenvalue weighted by Gasteiger charge is 2.16. The van der Waals surface area contributed by atoms with Crippen molar-refractivity contribution in [2.45, 2.75) is 26.3 Å². The number of nitrogens with zero attached hydrogens (tertiary/aromatic N) is 2. The van der Waals surface area contributed by atoms with Crippen molar-refractivity contribution in [3.8, 4) is 0 Å². The maximum atomic E-state index is 11.6. The maximum absolute atomic E-state index is 11.6. The highest BCUT2D eigenvalue weighted by Crippen LogP contribution is 2.10. The predicted molar refractivity (Wildman–Crippen MR) is 53.3 cm³/mol. The van der Waals surface area contributed by atoms with E-state index in [1.807, 2.05) is 6.92 Å². The quantitative estimate of drug-likeness (QED) is 0.753. The average Bonchev–Trinajstić information content (AvgIpc) is 2.65. The van der Waals surface area contributed by atoms with Crippen LogP contribution in [0, 0.1) is 0 Å². The van der Waals surface area contributed by atoms with Gasteiger partial charge in [-0.05, 0) is 24.9 Å². The van der Waals surface area contributed by atoms with Crippen molar-refractivity contribution in [2.75, 3.05) is 6.61 Å². The largest absolute Gasteiger partial charge is 0.394 e. The van der Waals surface area contributed by atoms with Crippen molar-refractivity contribution in [1.82, 2.24) is 14.9 Å². The highest BCUT2D eigenvalue weighted by atomic mass is 32.1. The molecule has 1 aromatic heterocycles. The summed E-state index contributed by atoms with van der Waals surface area (Å²) in [5.74, 6) is -0.210. The van der Waals surface area contributed by atoms with E-state index in [1.165, 1.54) is 0 Å². The number of aliphatic hydroxyl groups is 1. The van der Waals surface area contributed by atoms with Gasteiger partial charge in [0.05, 0.1) is 12.3 Å². The van der Waals surface area contributed by atoms with Crippen LogP contribution in [-0.2, 0) is 6.42 Å². The van der Waals surface area contributed by atoms with Crippen LogP contribution in [0.2, 0.25) is 0 Å². The minimum Gasteiger partial charge on any atom is -0.394 e. The number of carbonyl (C=O) groups is 1. The Morgan fingerprint density at radius 3 is 3.00 bits per heavy atom. The topological polar surface area (TPSA) is 75.1 Å². The van der Waals surface area contributed by atoms with Crippen molar-refractivity contribution in [2.24, 2.45) is 0 Å². The molecule has 0 fully saturated rings. The van der Waals surface area contributed by atoms with Crippen LogP contribution in [0.1, 0.15) is 29.2 Å². The molecule has 2 N–H and O–H groups in total. The van der Waals surface area contributed by atoms with Gasteiger partial charge in [-0.1, -0.05) is 11.4 Å². The van der Waals surface area contributed by atoms with Gasteiger partial charge >= 0.3 is 0 Å². The number of aliphatic hydroxyl groups excluding tert-OH is 1. The summed E-state index contributed by atoms with van der Waals surface area (Å²) in [7, 11) is 0. The molecule has 78 valence electrons. The normalized spacial score (nSPS) is 12.5. The van der Waals surface area contributed by atoms with Crippen molar-refractivity contribution in [3.05, 3.63) is 10.6 Å². The minimum absolute atomic E-state index is 0.0700. The van der Waals surface area contributed by atoms with Gasteiger partial charge in [-0.25, -0.2) is 0 Å². The Kier molecular flexibility index (Phi) is 3.97. The third-order valence-electron chi connectivity index (χ3n) is 1.75. The summed E-state index contributed by atoms with van der Waals surface area (Å²) >= 11 is 1.08. The van der Waals surface area contributed by atoms with Gasteiger partial charge in [0, 0.05) is 6.04 Å². The van der Waals surface area contributed by atoms with E-state index in [0.717, 1.165) is 11.5 Å². The molecule has 0 aliphatic heterocycles. The smallest absolute Gasteiger partial charge is 0.265 e. The fourth-order valence-electron chi connectivity index (χ4n) is 0.947. The molecule has 6 heteroatoms. The Morgan fingerprint density at radius 1 is 1.71 bits per heavy atom. The summed E-state index contributed by atoms with van der Waals surface area (Å²) in [5, 5.41) is 15.2. The Morgan fingerprint density at radius 2 is 2.43 bits per heavy atom. The van der Waals surface area contributed by atoms with E-state index in [-0.39, 0.29) is 18.6 Å². The number of nitrogens with one attached hydrogen (secondary N) is 1. The van der Waals surface area contributed by atoms with Crippen LogP contribution in [0.5, 0.6) is 0 Å². The molecule has 1 aromatic rings. The predicted octanol–water partition coefficient (Wildman–Crippen LogP) is 0.211. The molecule has 0 aliphatic rings. The van der Waals surface area contributed by atoms with E-state index >= 15 is 0 Å². The number of rotatable bonds is 4. The lowest BCUT2D eigenvalue weighted by atomic mass is 10.2. The zero-order valence-corrected chi connectivity index (χ0v) is 8.97. The second-order valence-electron chi connectivity index (χ2n) is 2.96. The van der Waals surface area contributed by atoms with Crippen LogP contribution in [0.25, 0.3) is 0 Å². The first-order chi connectivity index (χ1) is 6.69. The fraction of sp³-hybridized carbons (Fsp3) is 0.625. The molecule has 0 aliphatic carbocycles. The molecule has 0 bridgehead atoms. The Labute approximate surface area is 86.3 Å². The van der Waals surface area contributed by atoms with Crippen LogP contribution in [0.4, 0.5) is 0 Å². The number of hydrogen-bond acceptors (Lipinski definition) is 5. The van der Waals surface area contributed by atoms with Crippen molar-refractivity contribution in [3.63, 3.8) is 0 Å². The number of hydrogen-bond donors (Lipinski definition) is 2. The summed E-state index contributed by atoms with van der Waals surface area (Å²) in [6, 6.07) is -0.241. The van der Waals surface area contributed by atoms with Gasteiger partial charge in [0.1, 0.15) is 4.88 Å². The number of amides is 1. The van der Waals surface area contributed by atoms with Gasteiger partial charge in [-0.15, -0.1) is 5.10 Å². The molecule has 5 nitrogen and oxygen atoms in total. The lowest BCUT2D eigenvalue weighted by Gasteiger charge is -2.09. The molecular formula is C8H13N3O2S. The van der Waals surface area contributed by atoms with Crippen LogP contribution in [-0.4, -0.2) is 33.2 Å². The van der Waals surface area contributed by atoms with Gasteiger partial charge in [-0.2, -0.15) is 0 Å². The molecule has 0 unspecified atom stereocenters. The first kappa shape index (κ1) is 11.1. The van der Waals surface area contributed by atoms with E-state index in [0.29, 0.717) is 17.0 Å². The summed E-state index contributed by atoms with van der Waals surface area (Å²) in [4.78, 5) is 12.1. The average molecular weight is 215 g/mol. The first-order valence-corrected chi connectivity index (χ1v) is 5.19. The van der Waals surface area contributed by atoms with Crippen molar-refractivity contribution >= 4 is 17.4 Å². The molecular weight excluding hydrogens is 202 g/mol. The second kappa shape index (κ2) is 5.02. The Balaban J connectivity index is 2.69. The lowest BCUT2D eigenvalue weighted by molar-refractivity contribution is 0.0925. The summed E-state index contributed by atoms with van der Waals surface area (Å²) in [5.41, 5.74) is 0.706. The van der Waals surface area contributed by atoms with Crippen LogP contribution in [0.15, 0.2) is 0 Å². The number of carbonyl (C=O) groups excluding carboxylic acids is 1. The summed E-state index contributed by atoms with van der Waals surface area (Å²) in [6.07, 6.45) is 0.687. The molecule has 14 heavy (non-hydrogen) atoms. The monoisotopic (exact) mass is 215 g/mol. The van der Waals surface area contributed by atoms with E-state index in [1.54, 1.807) is 6.92 Å². The van der Waals surface area contributed by atoms with E-state index in [9.17, 15) is 4.79 Å². The molecule has 1 atom stereocenters. The van der Waals surface area contributed by atoms with Crippen molar-refractivity contribution < 1.29 is 9.90 Å². The van der Waals surface area contributed by atoms with Crippen LogP contribution < -0.4 is 5.32 Å². The fourth-order valence-corrected chi connectivity index (χ4v) is 1.60. The van der Waals surface area contributed by atoms with Gasteiger partial charge in [-0.3, -0.25) is 4.79 Å². The SMILES string of the molecule is CCc1nnsc1C(=O)N[C@H](C)CO. The molecule has 1 amide bonds. The third kappa shape index (κ3) is 2.49. The summed E-state index contributed by atoms with van der Waals surface area (Å²) < 4.78 is 3.72. The lowest BCUT2D eigenvalue weighted by Crippen LogP contribution is -2.35. The molecule has 0 saturated heterocycles. The van der Waals surface area contributed by atoms with Crippen molar-refractivity contribution in [1.29, 1.82) is 0 Å². The maximum Gasteiger partial charge on any atom is 0.265 e. The molecule has 1 heterocycles. The van der Waals surface area contributed by atoms with Crippen LogP contribution >= 0.6 is 11.5 Å². The van der Waals surface area contributed by atoms with Gasteiger partial charge in [0.15, 0.2) is 0 Å². The Hall–Kier alpha value is -1.01. The zero-order chi connectivity index (χ0) is 10.6. The molecule has 0 spiro atoms. The van der Waals surface area contributed by atoms with Crippen LogP contribution in [0.3, 0.4) is 0 Å². The second-order valence-corrected chi connectivity index (χ2v) is 3.71. The standard InChI is InChI=1S/C8H13N3O2S/c1-3-6-7(14-11-10-6)8(13)9-5(2)4-12/h5,12H,3-4H2,1-2H3,(H,9,13)/t5-/m1/s1. The first-order valence-electron chi connectivity index (χ1n) is 4.42. The minimum atomic E-state index is -0.241. The van der Waals surface area contributed by atoms with E-state index in [2.05, 4.69) is 14.9 Å².